The molecule has 3 heterocycles. The minimum absolute atomic E-state index is 0.0407. The zero-order chi connectivity index (χ0) is 30.0. The fourth-order valence-corrected chi connectivity index (χ4v) is 7.47. The molecule has 1 fully saturated rings. The molecule has 2 aromatic carbocycles. The first-order valence-corrected chi connectivity index (χ1v) is 15.7. The first-order valence-electron chi connectivity index (χ1n) is 12.3. The van der Waals surface area contributed by atoms with Crippen LogP contribution in [0.25, 0.3) is 0 Å². The van der Waals surface area contributed by atoms with E-state index in [1.54, 1.807) is 30.3 Å². The molecule has 218 valence electrons. The van der Waals surface area contributed by atoms with Crippen LogP contribution in [0.2, 0.25) is 15.1 Å². The summed E-state index contributed by atoms with van der Waals surface area (Å²) in [6.45, 7) is 0. The van der Waals surface area contributed by atoms with Crippen LogP contribution >= 0.6 is 46.1 Å². The van der Waals surface area contributed by atoms with Gasteiger partial charge in [0.1, 0.15) is 17.2 Å². The van der Waals surface area contributed by atoms with Gasteiger partial charge in [-0.15, -0.1) is 11.3 Å². The number of hydrogen-bond acceptors (Lipinski definition) is 7. The number of allylic oxidation sites excluding steroid dienone is 1. The van der Waals surface area contributed by atoms with Gasteiger partial charge in [0.2, 0.25) is 11.3 Å². The van der Waals surface area contributed by atoms with Crippen LogP contribution in [0.1, 0.15) is 11.3 Å². The largest absolute Gasteiger partial charge is 0.614 e. The molecule has 2 amide bonds. The van der Waals surface area contributed by atoms with Gasteiger partial charge in [0.05, 0.1) is 17.7 Å². The number of halogens is 3. The van der Waals surface area contributed by atoms with Crippen molar-refractivity contribution in [1.82, 2.24) is 10.2 Å². The second-order valence-corrected chi connectivity index (χ2v) is 13.0. The third-order valence-electron chi connectivity index (χ3n) is 6.31. The van der Waals surface area contributed by atoms with Gasteiger partial charge in [-0.3, -0.25) is 14.5 Å². The van der Waals surface area contributed by atoms with Gasteiger partial charge in [-0.1, -0.05) is 40.9 Å². The Labute approximate surface area is 262 Å². The second kappa shape index (κ2) is 13.0. The Morgan fingerprint density at radius 1 is 1.12 bits per heavy atom. The molecular formula is C28H21Cl3N2O7S2. The number of nitrogens with one attached hydrogen (secondary N) is 1. The van der Waals surface area contributed by atoms with E-state index in [0.717, 1.165) is 9.78 Å². The number of fused-ring (bicyclic) bond motifs is 1. The third-order valence-corrected chi connectivity index (χ3v) is 9.61. The van der Waals surface area contributed by atoms with Crippen molar-refractivity contribution in [3.05, 3.63) is 97.5 Å². The Hall–Kier alpha value is -3.19. The molecule has 5 rings (SSSR count). The maximum absolute atomic E-state index is 13.1. The summed E-state index contributed by atoms with van der Waals surface area (Å²) in [5, 5.41) is 14.5. The Kier molecular flexibility index (Phi) is 9.36. The lowest BCUT2D eigenvalue weighted by Crippen LogP contribution is -2.74. The lowest BCUT2D eigenvalue weighted by Gasteiger charge is -2.49. The van der Waals surface area contributed by atoms with E-state index in [0.29, 0.717) is 26.6 Å². The van der Waals surface area contributed by atoms with Crippen molar-refractivity contribution in [3.63, 3.8) is 0 Å². The van der Waals surface area contributed by atoms with Gasteiger partial charge >= 0.3 is 5.97 Å². The van der Waals surface area contributed by atoms with Crippen LogP contribution in [0.3, 0.4) is 0 Å². The number of hydrogen-bond donors (Lipinski definition) is 2. The van der Waals surface area contributed by atoms with Crippen LogP contribution in [-0.2, 0) is 32.0 Å². The van der Waals surface area contributed by atoms with E-state index in [2.05, 4.69) is 5.32 Å². The lowest BCUT2D eigenvalue weighted by atomic mass is 10.0. The van der Waals surface area contributed by atoms with Crippen LogP contribution < -0.4 is 14.8 Å². The SMILES string of the molecule is O=C(Cc1cccs1)NC1C(=O)N2C(C(=O)O)=C(CC=COc3cc(Cl)ccc3Oc3ccc(Cl)cc3Cl)C[S+]([O-])[C@@H]12. The van der Waals surface area contributed by atoms with Crippen LogP contribution in [0, 0.1) is 0 Å². The molecule has 3 aromatic rings. The maximum Gasteiger partial charge on any atom is 0.352 e. The number of amides is 2. The van der Waals surface area contributed by atoms with Crippen molar-refractivity contribution in [1.29, 1.82) is 0 Å². The molecule has 1 saturated heterocycles. The molecule has 9 nitrogen and oxygen atoms in total. The fourth-order valence-electron chi connectivity index (χ4n) is 4.45. The number of β-lactam (4-membered cyclic amide) rings is 1. The van der Waals surface area contributed by atoms with E-state index in [-0.39, 0.29) is 35.6 Å². The van der Waals surface area contributed by atoms with Gasteiger partial charge in [-0.25, -0.2) is 4.79 Å². The molecule has 14 heteroatoms. The molecule has 0 spiro atoms. The Morgan fingerprint density at radius 3 is 2.55 bits per heavy atom. The normalized spacial score (nSPS) is 19.9. The summed E-state index contributed by atoms with van der Waals surface area (Å²) in [6.07, 6.45) is 2.96. The Balaban J connectivity index is 1.27. The zero-order valence-electron chi connectivity index (χ0n) is 21.4. The van der Waals surface area contributed by atoms with Crippen LogP contribution in [0.4, 0.5) is 0 Å². The second-order valence-electron chi connectivity index (χ2n) is 9.14. The first-order chi connectivity index (χ1) is 20.1. The third kappa shape index (κ3) is 6.56. The van der Waals surface area contributed by atoms with Gasteiger partial charge in [-0.05, 0) is 65.5 Å². The average Bonchev–Trinajstić information content (AvgIpc) is 3.45. The zero-order valence-corrected chi connectivity index (χ0v) is 25.3. The highest BCUT2D eigenvalue weighted by Gasteiger charge is 2.60. The van der Waals surface area contributed by atoms with Crippen molar-refractivity contribution in [2.45, 2.75) is 24.3 Å². The predicted octanol–water partition coefficient (Wildman–Crippen LogP) is 5.78. The van der Waals surface area contributed by atoms with E-state index >= 15 is 0 Å². The van der Waals surface area contributed by atoms with Crippen LogP contribution in [-0.4, -0.2) is 49.5 Å². The van der Waals surface area contributed by atoms with Gasteiger partial charge in [0.25, 0.3) is 5.91 Å². The number of carboxylic acids is 1. The Morgan fingerprint density at radius 2 is 1.86 bits per heavy atom. The van der Waals surface area contributed by atoms with E-state index in [4.69, 9.17) is 44.3 Å². The fraction of sp³-hybridized carbons (Fsp3) is 0.179. The molecule has 42 heavy (non-hydrogen) atoms. The van der Waals surface area contributed by atoms with E-state index in [1.165, 1.54) is 35.8 Å². The molecule has 3 atom stereocenters. The van der Waals surface area contributed by atoms with E-state index in [1.807, 2.05) is 11.4 Å². The number of carbonyl (C=O) groups excluding carboxylic acids is 2. The molecule has 2 aliphatic heterocycles. The van der Waals surface area contributed by atoms with Crippen molar-refractivity contribution in [3.8, 4) is 17.2 Å². The highest BCUT2D eigenvalue weighted by molar-refractivity contribution is 7.92. The number of benzene rings is 2. The molecule has 0 radical (unpaired) electrons. The summed E-state index contributed by atoms with van der Waals surface area (Å²) in [6, 6.07) is 12.0. The molecule has 0 bridgehead atoms. The number of nitrogens with zero attached hydrogens (tertiary/aromatic N) is 1. The highest BCUT2D eigenvalue weighted by Crippen LogP contribution is 2.39. The maximum atomic E-state index is 13.1. The average molecular weight is 668 g/mol. The van der Waals surface area contributed by atoms with Gasteiger partial charge in [0, 0.05) is 26.6 Å². The molecule has 2 N–H and O–H groups in total. The van der Waals surface area contributed by atoms with Gasteiger partial charge in [0.15, 0.2) is 17.5 Å². The molecular weight excluding hydrogens is 647 g/mol. The topological polar surface area (TPSA) is 128 Å². The van der Waals surface area contributed by atoms with Gasteiger partial charge < -0.3 is 24.4 Å². The van der Waals surface area contributed by atoms with Gasteiger partial charge in [-0.2, -0.15) is 0 Å². The summed E-state index contributed by atoms with van der Waals surface area (Å²) in [7, 11) is 0. The molecule has 2 aliphatic rings. The van der Waals surface area contributed by atoms with Crippen molar-refractivity contribution < 1.29 is 33.5 Å². The minimum atomic E-state index is -1.64. The summed E-state index contributed by atoms with van der Waals surface area (Å²) in [5.74, 6) is -1.54. The molecule has 0 saturated carbocycles. The first kappa shape index (κ1) is 30.3. The van der Waals surface area contributed by atoms with Crippen LogP contribution in [0.5, 0.6) is 17.2 Å². The van der Waals surface area contributed by atoms with E-state index < -0.39 is 40.4 Å². The number of carboxylic acid groups (broad SMARTS) is 1. The van der Waals surface area contributed by atoms with Crippen molar-refractivity contribution >= 4 is 75.1 Å². The highest BCUT2D eigenvalue weighted by atomic mass is 35.5. The predicted molar refractivity (Wildman–Crippen MR) is 161 cm³/mol. The summed E-state index contributed by atoms with van der Waals surface area (Å²) < 4.78 is 24.7. The number of carbonyl (C=O) groups is 3. The standard InChI is InChI=1S/C28H21Cl3N2O7S2/c29-16-5-7-20(19(31)11-16)40-21-8-6-17(30)12-22(21)39-9-1-3-15-14-42(38)27-24(26(35)33(27)25(15)28(36)37)32-23(34)13-18-4-2-10-41-18/h1-2,4-12,24,27H,3,13-14H2,(H,32,34)(H,36,37)/t24?,27-,42?/m0/s1. The number of aliphatic carboxylic acids is 1. The number of thiophene rings is 1. The van der Waals surface area contributed by atoms with Crippen molar-refractivity contribution in [2.75, 3.05) is 5.75 Å². The molecule has 0 aliphatic carbocycles. The minimum Gasteiger partial charge on any atom is -0.614 e. The number of ether oxygens (including phenoxy) is 2. The summed E-state index contributed by atoms with van der Waals surface area (Å²) in [5.41, 5.74) is 0.0336. The lowest BCUT2D eigenvalue weighted by molar-refractivity contribution is -0.151. The summed E-state index contributed by atoms with van der Waals surface area (Å²) >= 11 is 18.1. The molecule has 2 unspecified atom stereocenters. The molecule has 1 aromatic heterocycles. The quantitative estimate of drug-likeness (QED) is 0.159. The number of rotatable bonds is 10. The van der Waals surface area contributed by atoms with Crippen LogP contribution in [0.15, 0.2) is 77.5 Å². The van der Waals surface area contributed by atoms with Crippen molar-refractivity contribution in [2.24, 2.45) is 0 Å². The summed E-state index contributed by atoms with van der Waals surface area (Å²) in [4.78, 5) is 39.3. The smallest absolute Gasteiger partial charge is 0.352 e. The van der Waals surface area contributed by atoms with E-state index in [9.17, 15) is 24.0 Å². The Bertz CT molecular complexity index is 1600. The monoisotopic (exact) mass is 666 g/mol.